The molecule has 0 unspecified atom stereocenters. The highest BCUT2D eigenvalue weighted by Crippen LogP contribution is 2.32. The fraction of sp³-hybridized carbons (Fsp3) is 0.120. The van der Waals surface area contributed by atoms with E-state index in [-0.39, 0.29) is 5.76 Å². The van der Waals surface area contributed by atoms with Gasteiger partial charge in [0.25, 0.3) is 11.8 Å². The summed E-state index contributed by atoms with van der Waals surface area (Å²) in [7, 11) is 1.50. The Morgan fingerprint density at radius 3 is 2.34 bits per heavy atom. The summed E-state index contributed by atoms with van der Waals surface area (Å²) in [5, 5.41) is 6.24. The molecule has 2 N–H and O–H groups in total. The zero-order chi connectivity index (χ0) is 22.5. The van der Waals surface area contributed by atoms with Crippen LogP contribution in [-0.4, -0.2) is 25.5 Å². The molecule has 32 heavy (non-hydrogen) atoms. The summed E-state index contributed by atoms with van der Waals surface area (Å²) in [6, 6.07) is 21.0. The number of furan rings is 1. The lowest BCUT2D eigenvalue weighted by Gasteiger charge is -2.10. The van der Waals surface area contributed by atoms with Gasteiger partial charge in [-0.1, -0.05) is 24.3 Å². The highest BCUT2D eigenvalue weighted by atomic mass is 16.5. The zero-order valence-corrected chi connectivity index (χ0v) is 17.7. The molecule has 7 heteroatoms. The fourth-order valence-electron chi connectivity index (χ4n) is 3.33. The number of nitrogens with one attached hydrogen (secondary N) is 2. The molecule has 7 nitrogen and oxygen atoms in total. The van der Waals surface area contributed by atoms with Gasteiger partial charge in [-0.15, -0.1) is 0 Å². The van der Waals surface area contributed by atoms with Crippen LogP contribution in [0.1, 0.15) is 27.8 Å². The Kier molecular flexibility index (Phi) is 6.07. The largest absolute Gasteiger partial charge is 0.496 e. The Morgan fingerprint density at radius 2 is 1.59 bits per heavy atom. The summed E-state index contributed by atoms with van der Waals surface area (Å²) < 4.78 is 16.5. The standard InChI is InChI=1S/C25H22N2O5/c1-3-31-17-14-12-16(13-15-17)26-25(29)23-22(18-8-4-7-11-21(18)32-23)27-24(28)19-9-5-6-10-20(19)30-2/h4-15H,3H2,1-2H3,(H,26,29)(H,27,28). The first-order chi connectivity index (χ1) is 15.6. The van der Waals surface area contributed by atoms with Gasteiger partial charge in [0.1, 0.15) is 22.8 Å². The van der Waals surface area contributed by atoms with E-state index in [1.54, 1.807) is 66.7 Å². The van der Waals surface area contributed by atoms with E-state index in [9.17, 15) is 9.59 Å². The first-order valence-corrected chi connectivity index (χ1v) is 10.1. The molecule has 1 aromatic heterocycles. The van der Waals surface area contributed by atoms with Gasteiger partial charge in [-0.3, -0.25) is 9.59 Å². The van der Waals surface area contributed by atoms with Crippen molar-refractivity contribution in [2.24, 2.45) is 0 Å². The lowest BCUT2D eigenvalue weighted by molar-refractivity contribution is 0.0999. The van der Waals surface area contributed by atoms with E-state index in [4.69, 9.17) is 13.9 Å². The highest BCUT2D eigenvalue weighted by molar-refractivity contribution is 6.17. The predicted molar refractivity (Wildman–Crippen MR) is 123 cm³/mol. The predicted octanol–water partition coefficient (Wildman–Crippen LogP) is 5.34. The molecule has 0 aliphatic heterocycles. The van der Waals surface area contributed by atoms with Crippen LogP contribution in [0.15, 0.2) is 77.2 Å². The molecule has 162 valence electrons. The summed E-state index contributed by atoms with van der Waals surface area (Å²) in [4.78, 5) is 26.0. The minimum atomic E-state index is -0.485. The maximum atomic E-state index is 13.0. The van der Waals surface area contributed by atoms with Crippen molar-refractivity contribution in [2.75, 3.05) is 24.4 Å². The van der Waals surface area contributed by atoms with E-state index < -0.39 is 11.8 Å². The quantitative estimate of drug-likeness (QED) is 0.413. The SMILES string of the molecule is CCOc1ccc(NC(=O)c2oc3ccccc3c2NC(=O)c2ccccc2OC)cc1. The molecule has 4 aromatic rings. The highest BCUT2D eigenvalue weighted by Gasteiger charge is 2.24. The normalized spacial score (nSPS) is 10.6. The third-order valence-electron chi connectivity index (χ3n) is 4.82. The molecule has 0 aliphatic carbocycles. The number of anilines is 2. The monoisotopic (exact) mass is 430 g/mol. The van der Waals surface area contributed by atoms with Crippen LogP contribution in [0.5, 0.6) is 11.5 Å². The molecule has 0 saturated heterocycles. The summed E-state index contributed by atoms with van der Waals surface area (Å²) in [5.41, 5.74) is 1.69. The lowest BCUT2D eigenvalue weighted by atomic mass is 10.1. The second-order valence-electron chi connectivity index (χ2n) is 6.87. The summed E-state index contributed by atoms with van der Waals surface area (Å²) >= 11 is 0. The molecule has 1 heterocycles. The molecule has 3 aromatic carbocycles. The number of amides is 2. The van der Waals surface area contributed by atoms with Gasteiger partial charge in [-0.05, 0) is 55.5 Å². The van der Waals surface area contributed by atoms with E-state index in [2.05, 4.69) is 10.6 Å². The van der Waals surface area contributed by atoms with Gasteiger partial charge in [-0.25, -0.2) is 0 Å². The van der Waals surface area contributed by atoms with Gasteiger partial charge in [0.05, 0.1) is 19.3 Å². The van der Waals surface area contributed by atoms with Crippen molar-refractivity contribution in [3.8, 4) is 11.5 Å². The van der Waals surface area contributed by atoms with Crippen LogP contribution in [0.2, 0.25) is 0 Å². The van der Waals surface area contributed by atoms with Crippen molar-refractivity contribution in [1.29, 1.82) is 0 Å². The van der Waals surface area contributed by atoms with Crippen LogP contribution in [0.4, 0.5) is 11.4 Å². The van der Waals surface area contributed by atoms with Crippen LogP contribution < -0.4 is 20.1 Å². The lowest BCUT2D eigenvalue weighted by Crippen LogP contribution is -2.17. The Morgan fingerprint density at radius 1 is 0.875 bits per heavy atom. The number of methoxy groups -OCH3 is 1. The van der Waals surface area contributed by atoms with Gasteiger partial charge in [0.2, 0.25) is 5.76 Å². The van der Waals surface area contributed by atoms with Gasteiger partial charge < -0.3 is 24.5 Å². The van der Waals surface area contributed by atoms with Gasteiger partial charge >= 0.3 is 0 Å². The second-order valence-corrected chi connectivity index (χ2v) is 6.87. The number of hydrogen-bond acceptors (Lipinski definition) is 5. The number of ether oxygens (including phenoxy) is 2. The number of carbonyl (C=O) groups excluding carboxylic acids is 2. The summed E-state index contributed by atoms with van der Waals surface area (Å²) in [5.74, 6) is 0.241. The third-order valence-corrected chi connectivity index (χ3v) is 4.82. The number of hydrogen-bond donors (Lipinski definition) is 2. The van der Waals surface area contributed by atoms with E-state index >= 15 is 0 Å². The van der Waals surface area contributed by atoms with Crippen LogP contribution in [-0.2, 0) is 0 Å². The topological polar surface area (TPSA) is 89.8 Å². The summed E-state index contributed by atoms with van der Waals surface area (Å²) in [6.45, 7) is 2.46. The van der Waals surface area contributed by atoms with E-state index in [1.807, 2.05) is 13.0 Å². The molecule has 0 radical (unpaired) electrons. The van der Waals surface area contributed by atoms with Gasteiger partial charge in [-0.2, -0.15) is 0 Å². The maximum absolute atomic E-state index is 13.0. The summed E-state index contributed by atoms with van der Waals surface area (Å²) in [6.07, 6.45) is 0. The molecule has 0 fully saturated rings. The zero-order valence-electron chi connectivity index (χ0n) is 17.7. The Bertz CT molecular complexity index is 1260. The van der Waals surface area contributed by atoms with Crippen LogP contribution in [0.25, 0.3) is 11.0 Å². The Hall–Kier alpha value is -4.26. The minimum Gasteiger partial charge on any atom is -0.496 e. The molecular formula is C25H22N2O5. The van der Waals surface area contributed by atoms with Crippen molar-refractivity contribution in [3.63, 3.8) is 0 Å². The average molecular weight is 430 g/mol. The number of para-hydroxylation sites is 2. The molecule has 4 rings (SSSR count). The van der Waals surface area contributed by atoms with Gasteiger partial charge in [0.15, 0.2) is 0 Å². The number of rotatable bonds is 7. The maximum Gasteiger partial charge on any atom is 0.293 e. The Labute approximate surface area is 184 Å². The van der Waals surface area contributed by atoms with E-state index in [0.717, 1.165) is 0 Å². The van der Waals surface area contributed by atoms with E-state index in [1.165, 1.54) is 7.11 Å². The van der Waals surface area contributed by atoms with Crippen molar-refractivity contribution < 1.29 is 23.5 Å². The van der Waals surface area contributed by atoms with Crippen LogP contribution in [0.3, 0.4) is 0 Å². The van der Waals surface area contributed by atoms with Gasteiger partial charge in [0, 0.05) is 11.1 Å². The molecule has 2 amide bonds. The molecule has 0 aliphatic rings. The Balaban J connectivity index is 1.65. The number of carbonyl (C=O) groups is 2. The minimum absolute atomic E-state index is 0.00309. The van der Waals surface area contributed by atoms with Crippen LogP contribution in [0, 0.1) is 0 Å². The van der Waals surface area contributed by atoms with Crippen molar-refractivity contribution in [3.05, 3.63) is 84.1 Å². The third kappa shape index (κ3) is 4.27. The molecule has 0 spiro atoms. The smallest absolute Gasteiger partial charge is 0.293 e. The first-order valence-electron chi connectivity index (χ1n) is 10.1. The second kappa shape index (κ2) is 9.26. The fourth-order valence-corrected chi connectivity index (χ4v) is 3.33. The van der Waals surface area contributed by atoms with Crippen molar-refractivity contribution in [1.82, 2.24) is 0 Å². The van der Waals surface area contributed by atoms with Crippen molar-refractivity contribution in [2.45, 2.75) is 6.92 Å². The molecular weight excluding hydrogens is 408 g/mol. The molecule has 0 atom stereocenters. The number of fused-ring (bicyclic) bond motifs is 1. The molecule has 0 bridgehead atoms. The average Bonchev–Trinajstić information content (AvgIpc) is 3.19. The van der Waals surface area contributed by atoms with E-state index in [0.29, 0.717) is 46.0 Å². The van der Waals surface area contributed by atoms with Crippen LogP contribution >= 0.6 is 0 Å². The first kappa shape index (κ1) is 21.0. The molecule has 0 saturated carbocycles. The van der Waals surface area contributed by atoms with Crippen molar-refractivity contribution >= 4 is 34.2 Å². The number of benzene rings is 3.